The summed E-state index contributed by atoms with van der Waals surface area (Å²) in [6.45, 7) is 2.07. The standard InChI is InChI=1S/C10H8INO/c1-7-8(3-2-4-9(7)11)10-12-5-6-13-10/h2-6H,1H3. The SMILES string of the molecule is Cc1c(I)cccc1-c1ncco1. The fraction of sp³-hybridized carbons (Fsp3) is 0.100. The second-order valence-corrected chi connectivity index (χ2v) is 3.91. The highest BCUT2D eigenvalue weighted by atomic mass is 127. The second kappa shape index (κ2) is 3.49. The highest BCUT2D eigenvalue weighted by Crippen LogP contribution is 2.24. The zero-order valence-corrected chi connectivity index (χ0v) is 9.28. The lowest BCUT2D eigenvalue weighted by Gasteiger charge is -2.02. The molecule has 0 radical (unpaired) electrons. The van der Waals surface area contributed by atoms with Gasteiger partial charge >= 0.3 is 0 Å². The Labute approximate surface area is 90.1 Å². The number of halogens is 1. The zero-order chi connectivity index (χ0) is 9.26. The van der Waals surface area contributed by atoms with Crippen LogP contribution in [0, 0.1) is 10.5 Å². The van der Waals surface area contributed by atoms with Gasteiger partial charge in [0.1, 0.15) is 6.26 Å². The molecule has 0 aliphatic rings. The minimum Gasteiger partial charge on any atom is -0.445 e. The Hall–Kier alpha value is -0.840. The average Bonchev–Trinajstić information content (AvgIpc) is 2.62. The van der Waals surface area contributed by atoms with Crippen LogP contribution < -0.4 is 0 Å². The van der Waals surface area contributed by atoms with E-state index in [9.17, 15) is 0 Å². The van der Waals surface area contributed by atoms with Crippen molar-refractivity contribution in [2.45, 2.75) is 6.92 Å². The van der Waals surface area contributed by atoms with Gasteiger partial charge in [-0.05, 0) is 47.2 Å². The van der Waals surface area contributed by atoms with E-state index in [1.807, 2.05) is 12.1 Å². The van der Waals surface area contributed by atoms with E-state index in [4.69, 9.17) is 4.42 Å². The molecule has 2 nitrogen and oxygen atoms in total. The summed E-state index contributed by atoms with van der Waals surface area (Å²) in [4.78, 5) is 4.12. The Morgan fingerprint density at radius 3 is 2.92 bits per heavy atom. The highest BCUT2D eigenvalue weighted by molar-refractivity contribution is 14.1. The van der Waals surface area contributed by atoms with Crippen LogP contribution in [0.1, 0.15) is 5.56 Å². The molecule has 3 heteroatoms. The Balaban J connectivity index is 2.59. The monoisotopic (exact) mass is 285 g/mol. The molecule has 0 unspecified atom stereocenters. The van der Waals surface area contributed by atoms with Crippen LogP contribution in [-0.4, -0.2) is 4.98 Å². The molecule has 0 fully saturated rings. The summed E-state index contributed by atoms with van der Waals surface area (Å²) < 4.78 is 6.47. The van der Waals surface area contributed by atoms with Crippen LogP contribution in [-0.2, 0) is 0 Å². The maximum Gasteiger partial charge on any atom is 0.226 e. The van der Waals surface area contributed by atoms with Crippen LogP contribution >= 0.6 is 22.6 Å². The van der Waals surface area contributed by atoms with Crippen LogP contribution in [0.3, 0.4) is 0 Å². The van der Waals surface area contributed by atoms with Crippen LogP contribution in [0.25, 0.3) is 11.5 Å². The zero-order valence-electron chi connectivity index (χ0n) is 7.12. The lowest BCUT2D eigenvalue weighted by atomic mass is 10.1. The molecule has 0 amide bonds. The molecule has 0 saturated heterocycles. The summed E-state index contributed by atoms with van der Waals surface area (Å²) >= 11 is 2.31. The quantitative estimate of drug-likeness (QED) is 0.752. The van der Waals surface area contributed by atoms with Gasteiger partial charge in [0.05, 0.1) is 6.20 Å². The number of hydrogen-bond acceptors (Lipinski definition) is 2. The summed E-state index contributed by atoms with van der Waals surface area (Å²) in [6, 6.07) is 6.10. The summed E-state index contributed by atoms with van der Waals surface area (Å²) in [6.07, 6.45) is 3.25. The minimum absolute atomic E-state index is 0.691. The molecule has 0 N–H and O–H groups in total. The number of hydrogen-bond donors (Lipinski definition) is 0. The van der Waals surface area contributed by atoms with Crippen molar-refractivity contribution in [3.8, 4) is 11.5 Å². The number of benzene rings is 1. The summed E-state index contributed by atoms with van der Waals surface area (Å²) in [5, 5.41) is 0. The van der Waals surface area contributed by atoms with Gasteiger partial charge in [-0.15, -0.1) is 0 Å². The minimum atomic E-state index is 0.691. The van der Waals surface area contributed by atoms with E-state index in [-0.39, 0.29) is 0 Å². The Morgan fingerprint density at radius 2 is 2.23 bits per heavy atom. The molecule has 0 atom stereocenters. The molecule has 0 bridgehead atoms. The smallest absolute Gasteiger partial charge is 0.226 e. The van der Waals surface area contributed by atoms with Crippen LogP contribution in [0.5, 0.6) is 0 Å². The molecule has 2 rings (SSSR count). The molecule has 0 spiro atoms. The molecular weight excluding hydrogens is 277 g/mol. The molecule has 1 aromatic heterocycles. The van der Waals surface area contributed by atoms with E-state index in [0.29, 0.717) is 5.89 Å². The second-order valence-electron chi connectivity index (χ2n) is 2.75. The number of aromatic nitrogens is 1. The first-order valence-electron chi connectivity index (χ1n) is 3.94. The van der Waals surface area contributed by atoms with Crippen molar-refractivity contribution in [1.29, 1.82) is 0 Å². The Bertz CT molecular complexity index is 409. The van der Waals surface area contributed by atoms with Gasteiger partial charge in [0, 0.05) is 9.13 Å². The number of nitrogens with zero attached hydrogens (tertiary/aromatic N) is 1. The first-order chi connectivity index (χ1) is 6.29. The normalized spacial score (nSPS) is 10.3. The van der Waals surface area contributed by atoms with Crippen LogP contribution in [0.15, 0.2) is 35.1 Å². The molecule has 0 saturated carbocycles. The Kier molecular flexibility index (Phi) is 2.35. The van der Waals surface area contributed by atoms with Gasteiger partial charge in [0.25, 0.3) is 0 Å². The summed E-state index contributed by atoms with van der Waals surface area (Å²) in [5.74, 6) is 0.691. The molecule has 13 heavy (non-hydrogen) atoms. The molecule has 2 aromatic rings. The maximum atomic E-state index is 5.24. The lowest BCUT2D eigenvalue weighted by molar-refractivity contribution is 0.574. The van der Waals surface area contributed by atoms with E-state index in [0.717, 1.165) is 5.56 Å². The van der Waals surface area contributed by atoms with Gasteiger partial charge in [-0.2, -0.15) is 0 Å². The molecule has 1 aromatic carbocycles. The van der Waals surface area contributed by atoms with E-state index in [2.05, 4.69) is 40.6 Å². The van der Waals surface area contributed by atoms with Crippen molar-refractivity contribution in [2.24, 2.45) is 0 Å². The molecule has 1 heterocycles. The molecule has 0 aliphatic carbocycles. The van der Waals surface area contributed by atoms with Gasteiger partial charge in [-0.1, -0.05) is 6.07 Å². The van der Waals surface area contributed by atoms with E-state index in [1.54, 1.807) is 12.5 Å². The van der Waals surface area contributed by atoms with Crippen molar-refractivity contribution >= 4 is 22.6 Å². The number of oxazole rings is 1. The summed E-state index contributed by atoms with van der Waals surface area (Å²) in [7, 11) is 0. The van der Waals surface area contributed by atoms with Gasteiger partial charge < -0.3 is 4.42 Å². The first kappa shape index (κ1) is 8.74. The Morgan fingerprint density at radius 1 is 1.38 bits per heavy atom. The highest BCUT2D eigenvalue weighted by Gasteiger charge is 2.07. The molecular formula is C10H8INO. The van der Waals surface area contributed by atoms with Gasteiger partial charge in [-0.25, -0.2) is 4.98 Å². The van der Waals surface area contributed by atoms with E-state index < -0.39 is 0 Å². The number of rotatable bonds is 1. The maximum absolute atomic E-state index is 5.24. The third-order valence-corrected chi connectivity index (χ3v) is 3.10. The van der Waals surface area contributed by atoms with Gasteiger partial charge in [0.15, 0.2) is 0 Å². The van der Waals surface area contributed by atoms with Crippen molar-refractivity contribution in [2.75, 3.05) is 0 Å². The summed E-state index contributed by atoms with van der Waals surface area (Å²) in [5.41, 5.74) is 2.28. The average molecular weight is 285 g/mol. The van der Waals surface area contributed by atoms with E-state index >= 15 is 0 Å². The van der Waals surface area contributed by atoms with Crippen LogP contribution in [0.4, 0.5) is 0 Å². The van der Waals surface area contributed by atoms with Gasteiger partial charge in [-0.3, -0.25) is 0 Å². The fourth-order valence-corrected chi connectivity index (χ4v) is 1.69. The van der Waals surface area contributed by atoms with Crippen molar-refractivity contribution in [1.82, 2.24) is 4.98 Å². The van der Waals surface area contributed by atoms with Gasteiger partial charge in [0.2, 0.25) is 5.89 Å². The largest absolute Gasteiger partial charge is 0.445 e. The third kappa shape index (κ3) is 1.60. The van der Waals surface area contributed by atoms with Crippen LogP contribution in [0.2, 0.25) is 0 Å². The molecule has 66 valence electrons. The molecule has 0 aliphatic heterocycles. The topological polar surface area (TPSA) is 26.0 Å². The van der Waals surface area contributed by atoms with E-state index in [1.165, 1.54) is 9.13 Å². The predicted molar refractivity (Wildman–Crippen MR) is 59.4 cm³/mol. The lowest BCUT2D eigenvalue weighted by Crippen LogP contribution is -1.85. The fourth-order valence-electron chi connectivity index (χ4n) is 1.20. The predicted octanol–water partition coefficient (Wildman–Crippen LogP) is 3.25. The van der Waals surface area contributed by atoms with Crippen molar-refractivity contribution in [3.63, 3.8) is 0 Å². The first-order valence-corrected chi connectivity index (χ1v) is 5.02. The van der Waals surface area contributed by atoms with Crippen molar-refractivity contribution < 1.29 is 4.42 Å². The third-order valence-electron chi connectivity index (χ3n) is 1.93. The van der Waals surface area contributed by atoms with Crippen molar-refractivity contribution in [3.05, 3.63) is 39.8 Å².